The summed E-state index contributed by atoms with van der Waals surface area (Å²) < 4.78 is 28.9. The zero-order valence-electron chi connectivity index (χ0n) is 12.0. The highest BCUT2D eigenvalue weighted by Gasteiger charge is 2.35. The average Bonchev–Trinajstić information content (AvgIpc) is 3.05. The first-order chi connectivity index (χ1) is 10.0. The first-order valence-corrected chi connectivity index (χ1v) is 9.10. The molecule has 1 atom stereocenters. The van der Waals surface area contributed by atoms with Gasteiger partial charge in [0.2, 0.25) is 0 Å². The van der Waals surface area contributed by atoms with Gasteiger partial charge in [0.05, 0.1) is 23.7 Å². The van der Waals surface area contributed by atoms with E-state index in [0.717, 1.165) is 12.0 Å². The van der Waals surface area contributed by atoms with Gasteiger partial charge in [-0.05, 0) is 25.0 Å². The summed E-state index contributed by atoms with van der Waals surface area (Å²) in [4.78, 5) is 14.5. The standard InChI is InChI=1S/C15H19NO4S/c1-2-16(12-7-9-21(18,19)10-12)15(17)13-5-3-4-11-6-8-20-14(11)13/h3-5,12H,2,6-10H2,1H3. The molecule has 1 fully saturated rings. The van der Waals surface area contributed by atoms with Crippen LogP contribution in [0.3, 0.4) is 0 Å². The van der Waals surface area contributed by atoms with Gasteiger partial charge in [-0.2, -0.15) is 0 Å². The average molecular weight is 309 g/mol. The number of hydrogen-bond acceptors (Lipinski definition) is 4. The molecule has 2 aliphatic heterocycles. The third kappa shape index (κ3) is 2.64. The van der Waals surface area contributed by atoms with E-state index in [4.69, 9.17) is 4.74 Å². The molecule has 1 aromatic carbocycles. The zero-order chi connectivity index (χ0) is 15.0. The fourth-order valence-corrected chi connectivity index (χ4v) is 4.86. The van der Waals surface area contributed by atoms with E-state index in [1.165, 1.54) is 0 Å². The number of para-hydroxylation sites is 1. The van der Waals surface area contributed by atoms with E-state index >= 15 is 0 Å². The highest BCUT2D eigenvalue weighted by atomic mass is 32.2. The number of rotatable bonds is 3. The Hall–Kier alpha value is -1.56. The van der Waals surface area contributed by atoms with Crippen LogP contribution in [0.15, 0.2) is 18.2 Å². The fourth-order valence-electron chi connectivity index (χ4n) is 3.13. The largest absolute Gasteiger partial charge is 0.492 e. The smallest absolute Gasteiger partial charge is 0.257 e. The number of hydrogen-bond donors (Lipinski definition) is 0. The molecule has 1 aromatic rings. The van der Waals surface area contributed by atoms with Crippen LogP contribution >= 0.6 is 0 Å². The highest BCUT2D eigenvalue weighted by Crippen LogP contribution is 2.31. The van der Waals surface area contributed by atoms with E-state index in [0.29, 0.717) is 30.9 Å². The Morgan fingerprint density at radius 3 is 2.90 bits per heavy atom. The van der Waals surface area contributed by atoms with E-state index in [-0.39, 0.29) is 23.5 Å². The van der Waals surface area contributed by atoms with Crippen molar-refractivity contribution in [3.63, 3.8) is 0 Å². The molecule has 0 saturated carbocycles. The Balaban J connectivity index is 1.88. The molecule has 1 saturated heterocycles. The number of sulfone groups is 1. The maximum absolute atomic E-state index is 12.8. The predicted octanol–water partition coefficient (Wildman–Crippen LogP) is 1.27. The summed E-state index contributed by atoms with van der Waals surface area (Å²) in [6, 6.07) is 5.37. The summed E-state index contributed by atoms with van der Waals surface area (Å²) in [5.41, 5.74) is 1.60. The fraction of sp³-hybridized carbons (Fsp3) is 0.533. The Morgan fingerprint density at radius 2 is 2.24 bits per heavy atom. The quantitative estimate of drug-likeness (QED) is 0.843. The molecule has 1 unspecified atom stereocenters. The molecule has 0 spiro atoms. The minimum Gasteiger partial charge on any atom is -0.492 e. The number of benzene rings is 1. The van der Waals surface area contributed by atoms with Gasteiger partial charge in [-0.1, -0.05) is 12.1 Å². The monoisotopic (exact) mass is 309 g/mol. The minimum absolute atomic E-state index is 0.0719. The van der Waals surface area contributed by atoms with E-state index in [1.54, 1.807) is 11.0 Å². The number of fused-ring (bicyclic) bond motifs is 1. The number of carbonyl (C=O) groups excluding carboxylic acids is 1. The molecule has 114 valence electrons. The second kappa shape index (κ2) is 5.33. The maximum atomic E-state index is 12.8. The van der Waals surface area contributed by atoms with Gasteiger partial charge in [0.15, 0.2) is 9.84 Å². The van der Waals surface area contributed by atoms with E-state index < -0.39 is 9.84 Å². The maximum Gasteiger partial charge on any atom is 0.257 e. The Bertz CT molecular complexity index is 668. The van der Waals surface area contributed by atoms with Crippen LogP contribution in [0.2, 0.25) is 0 Å². The van der Waals surface area contributed by atoms with Crippen molar-refractivity contribution in [1.29, 1.82) is 0 Å². The van der Waals surface area contributed by atoms with Crippen molar-refractivity contribution in [3.05, 3.63) is 29.3 Å². The molecular formula is C15H19NO4S. The normalized spacial score (nSPS) is 22.6. The summed E-state index contributed by atoms with van der Waals surface area (Å²) in [6.45, 7) is 2.99. The van der Waals surface area contributed by atoms with Gasteiger partial charge in [-0.25, -0.2) is 8.42 Å². The van der Waals surface area contributed by atoms with Crippen molar-refractivity contribution >= 4 is 15.7 Å². The summed E-state index contributed by atoms with van der Waals surface area (Å²) in [7, 11) is -3.00. The lowest BCUT2D eigenvalue weighted by atomic mass is 10.1. The van der Waals surface area contributed by atoms with Crippen molar-refractivity contribution in [2.24, 2.45) is 0 Å². The Labute approximate surface area is 124 Å². The first-order valence-electron chi connectivity index (χ1n) is 7.28. The van der Waals surface area contributed by atoms with Gasteiger partial charge in [-0.3, -0.25) is 4.79 Å². The topological polar surface area (TPSA) is 63.7 Å². The molecule has 0 N–H and O–H groups in total. The highest BCUT2D eigenvalue weighted by molar-refractivity contribution is 7.91. The SMILES string of the molecule is CCN(C(=O)c1cccc2c1OCC2)C1CCS(=O)(=O)C1. The van der Waals surface area contributed by atoms with Crippen molar-refractivity contribution in [2.45, 2.75) is 25.8 Å². The van der Waals surface area contributed by atoms with Crippen LogP contribution in [0.25, 0.3) is 0 Å². The lowest BCUT2D eigenvalue weighted by Gasteiger charge is -2.27. The Morgan fingerprint density at radius 1 is 1.43 bits per heavy atom. The summed E-state index contributed by atoms with van der Waals surface area (Å²) in [5.74, 6) is 0.785. The minimum atomic E-state index is -3.00. The molecule has 1 amide bonds. The van der Waals surface area contributed by atoms with Gasteiger partial charge in [0, 0.05) is 19.0 Å². The summed E-state index contributed by atoms with van der Waals surface area (Å²) >= 11 is 0. The summed E-state index contributed by atoms with van der Waals surface area (Å²) in [5, 5.41) is 0. The van der Waals surface area contributed by atoms with Gasteiger partial charge in [0.25, 0.3) is 5.91 Å². The molecule has 5 nitrogen and oxygen atoms in total. The van der Waals surface area contributed by atoms with Gasteiger partial charge in [0.1, 0.15) is 5.75 Å². The van der Waals surface area contributed by atoms with Gasteiger partial charge in [-0.15, -0.1) is 0 Å². The lowest BCUT2D eigenvalue weighted by molar-refractivity contribution is 0.0705. The van der Waals surface area contributed by atoms with Gasteiger partial charge >= 0.3 is 0 Å². The molecule has 0 bridgehead atoms. The molecular weight excluding hydrogens is 290 g/mol. The van der Waals surface area contributed by atoms with Gasteiger partial charge < -0.3 is 9.64 Å². The van der Waals surface area contributed by atoms with Crippen LogP contribution in [0.4, 0.5) is 0 Å². The third-order valence-electron chi connectivity index (χ3n) is 4.20. The van der Waals surface area contributed by atoms with Crippen LogP contribution in [0, 0.1) is 0 Å². The number of nitrogens with zero attached hydrogens (tertiary/aromatic N) is 1. The zero-order valence-corrected chi connectivity index (χ0v) is 12.9. The predicted molar refractivity (Wildman–Crippen MR) is 79.4 cm³/mol. The molecule has 21 heavy (non-hydrogen) atoms. The second-order valence-corrected chi connectivity index (χ2v) is 7.77. The second-order valence-electron chi connectivity index (χ2n) is 5.54. The van der Waals surface area contributed by atoms with Crippen LogP contribution in [0.1, 0.15) is 29.3 Å². The van der Waals surface area contributed by atoms with Crippen molar-refractivity contribution in [2.75, 3.05) is 24.7 Å². The van der Waals surface area contributed by atoms with Crippen LogP contribution in [-0.4, -0.2) is 49.9 Å². The van der Waals surface area contributed by atoms with E-state index in [1.807, 2.05) is 19.1 Å². The third-order valence-corrected chi connectivity index (χ3v) is 5.95. The van der Waals surface area contributed by atoms with Crippen LogP contribution in [0.5, 0.6) is 5.75 Å². The number of carbonyl (C=O) groups is 1. The van der Waals surface area contributed by atoms with E-state index in [9.17, 15) is 13.2 Å². The molecule has 0 aliphatic carbocycles. The van der Waals surface area contributed by atoms with Crippen molar-refractivity contribution in [3.8, 4) is 5.75 Å². The van der Waals surface area contributed by atoms with Crippen LogP contribution < -0.4 is 4.74 Å². The molecule has 0 aromatic heterocycles. The van der Waals surface area contributed by atoms with Crippen molar-refractivity contribution < 1.29 is 17.9 Å². The number of ether oxygens (including phenoxy) is 1. The molecule has 0 radical (unpaired) electrons. The van der Waals surface area contributed by atoms with Crippen LogP contribution in [-0.2, 0) is 16.3 Å². The summed E-state index contributed by atoms with van der Waals surface area (Å²) in [6.07, 6.45) is 1.35. The molecule has 2 heterocycles. The molecule has 6 heteroatoms. The van der Waals surface area contributed by atoms with E-state index in [2.05, 4.69) is 0 Å². The first kappa shape index (κ1) is 14.4. The lowest BCUT2D eigenvalue weighted by Crippen LogP contribution is -2.41. The van der Waals surface area contributed by atoms with Crippen molar-refractivity contribution in [1.82, 2.24) is 4.90 Å². The Kier molecular flexibility index (Phi) is 3.65. The number of amides is 1. The molecule has 2 aliphatic rings. The molecule has 3 rings (SSSR count).